The third-order valence-electron chi connectivity index (χ3n) is 6.83. The molecule has 3 aromatic rings. The molecule has 1 aliphatic heterocycles. The van der Waals surface area contributed by atoms with E-state index in [0.717, 1.165) is 29.8 Å². The normalized spacial score (nSPS) is 16.8. The van der Waals surface area contributed by atoms with Crippen molar-refractivity contribution in [3.8, 4) is 5.69 Å². The van der Waals surface area contributed by atoms with Gasteiger partial charge >= 0.3 is 0 Å². The smallest absolute Gasteiger partial charge is 0.265 e. The Morgan fingerprint density at radius 3 is 2.03 bits per heavy atom. The van der Waals surface area contributed by atoms with Gasteiger partial charge in [-0.25, -0.2) is 8.42 Å². The molecule has 3 atom stereocenters. The number of carbonyl (C=O) groups is 3. The number of amides is 3. The van der Waals surface area contributed by atoms with Crippen molar-refractivity contribution in [3.05, 3.63) is 88.2 Å². The lowest BCUT2D eigenvalue weighted by Gasteiger charge is -2.33. The standard InChI is InChI=1S/C28H32N4O5S2/c1-18-7-8-19(2)32(18)25-16-22(13-14-24(25)27(34)30-39(4)37)28(35)31-15-5-6-23(17-31)20-9-11-21(12-10-20)26(33)29-38(3)36/h7-14,16,23H,5-6,15,17H2,1-4H3,(H,29,33)(H,30,34). The minimum atomic E-state index is -1.53. The van der Waals surface area contributed by atoms with Gasteiger partial charge in [0.2, 0.25) is 0 Å². The summed E-state index contributed by atoms with van der Waals surface area (Å²) in [6.45, 7) is 4.99. The second-order valence-corrected chi connectivity index (χ2v) is 11.9. The Kier molecular flexibility index (Phi) is 8.81. The Morgan fingerprint density at radius 2 is 1.41 bits per heavy atom. The van der Waals surface area contributed by atoms with Gasteiger partial charge in [0.25, 0.3) is 17.7 Å². The largest absolute Gasteiger partial charge is 0.338 e. The molecule has 0 bridgehead atoms. The fourth-order valence-electron chi connectivity index (χ4n) is 4.99. The highest BCUT2D eigenvalue weighted by Gasteiger charge is 2.27. The van der Waals surface area contributed by atoms with Crippen molar-refractivity contribution < 1.29 is 22.8 Å². The van der Waals surface area contributed by atoms with E-state index in [-0.39, 0.29) is 11.8 Å². The first kappa shape index (κ1) is 28.4. The summed E-state index contributed by atoms with van der Waals surface area (Å²) in [4.78, 5) is 40.4. The maximum Gasteiger partial charge on any atom is 0.265 e. The van der Waals surface area contributed by atoms with Crippen LogP contribution in [0.15, 0.2) is 54.6 Å². The zero-order valence-electron chi connectivity index (χ0n) is 22.4. The summed E-state index contributed by atoms with van der Waals surface area (Å²) >= 11 is 0. The second kappa shape index (κ2) is 12.1. The molecule has 1 aromatic heterocycles. The van der Waals surface area contributed by atoms with E-state index >= 15 is 0 Å². The summed E-state index contributed by atoms with van der Waals surface area (Å²) in [6, 6.07) is 16.0. The van der Waals surface area contributed by atoms with Gasteiger partial charge in [-0.15, -0.1) is 0 Å². The van der Waals surface area contributed by atoms with Gasteiger partial charge in [-0.3, -0.25) is 23.8 Å². The highest BCUT2D eigenvalue weighted by Crippen LogP contribution is 2.29. The number of benzene rings is 2. The van der Waals surface area contributed by atoms with Crippen LogP contribution in [0.4, 0.5) is 0 Å². The van der Waals surface area contributed by atoms with E-state index in [0.29, 0.717) is 35.5 Å². The molecule has 206 valence electrons. The summed E-state index contributed by atoms with van der Waals surface area (Å²) in [5.74, 6) is -0.888. The number of hydrogen-bond acceptors (Lipinski definition) is 5. The van der Waals surface area contributed by atoms with Crippen LogP contribution in [-0.4, -0.2) is 61.2 Å². The first-order chi connectivity index (χ1) is 18.5. The molecule has 2 heterocycles. The van der Waals surface area contributed by atoms with Gasteiger partial charge in [0.05, 0.1) is 11.3 Å². The van der Waals surface area contributed by atoms with E-state index < -0.39 is 33.8 Å². The van der Waals surface area contributed by atoms with Crippen LogP contribution in [0.25, 0.3) is 5.69 Å². The number of rotatable bonds is 7. The molecule has 39 heavy (non-hydrogen) atoms. The molecule has 3 amide bonds. The molecule has 2 N–H and O–H groups in total. The third kappa shape index (κ3) is 6.54. The van der Waals surface area contributed by atoms with Crippen LogP contribution >= 0.6 is 0 Å². The summed E-state index contributed by atoms with van der Waals surface area (Å²) in [6.07, 6.45) is 4.54. The van der Waals surface area contributed by atoms with Crippen LogP contribution in [0.2, 0.25) is 0 Å². The SMILES string of the molecule is Cc1ccc(C)n1-c1cc(C(=O)N2CCCC(c3ccc(C(=O)NS(C)=O)cc3)C2)ccc1C(=O)NS(C)=O. The van der Waals surface area contributed by atoms with Gasteiger partial charge in [0.1, 0.15) is 22.0 Å². The Hall–Kier alpha value is -3.57. The van der Waals surface area contributed by atoms with Crippen molar-refractivity contribution >= 4 is 39.7 Å². The molecule has 9 nitrogen and oxygen atoms in total. The molecule has 11 heteroatoms. The highest BCUT2D eigenvalue weighted by molar-refractivity contribution is 7.83. The maximum atomic E-state index is 13.7. The van der Waals surface area contributed by atoms with E-state index in [2.05, 4.69) is 9.44 Å². The van der Waals surface area contributed by atoms with Gasteiger partial charge in [-0.1, -0.05) is 12.1 Å². The lowest BCUT2D eigenvalue weighted by molar-refractivity contribution is 0.0706. The molecule has 0 aliphatic carbocycles. The monoisotopic (exact) mass is 568 g/mol. The van der Waals surface area contributed by atoms with Crippen molar-refractivity contribution in [1.29, 1.82) is 0 Å². The Balaban J connectivity index is 1.59. The lowest BCUT2D eigenvalue weighted by Crippen LogP contribution is -2.39. The van der Waals surface area contributed by atoms with Gasteiger partial charge in [-0.2, -0.15) is 0 Å². The Labute approximate surface area is 233 Å². The van der Waals surface area contributed by atoms with Crippen LogP contribution in [0.3, 0.4) is 0 Å². The minimum Gasteiger partial charge on any atom is -0.338 e. The van der Waals surface area contributed by atoms with E-state index in [1.165, 1.54) is 12.5 Å². The number of piperidine rings is 1. The van der Waals surface area contributed by atoms with E-state index in [1.54, 1.807) is 30.3 Å². The zero-order chi connectivity index (χ0) is 28.3. The summed E-state index contributed by atoms with van der Waals surface area (Å²) in [5.41, 5.74) is 4.62. The van der Waals surface area contributed by atoms with Crippen molar-refractivity contribution in [3.63, 3.8) is 0 Å². The third-order valence-corrected chi connectivity index (χ3v) is 7.77. The predicted molar refractivity (Wildman–Crippen MR) is 153 cm³/mol. The average molecular weight is 569 g/mol. The van der Waals surface area contributed by atoms with Gasteiger partial charge in [-0.05, 0) is 74.7 Å². The van der Waals surface area contributed by atoms with Crippen LogP contribution in [0, 0.1) is 13.8 Å². The minimum absolute atomic E-state index is 0.109. The van der Waals surface area contributed by atoms with E-state index in [1.807, 2.05) is 47.6 Å². The molecule has 1 fully saturated rings. The Bertz CT molecular complexity index is 1450. The fraction of sp³-hybridized carbons (Fsp3) is 0.321. The van der Waals surface area contributed by atoms with Crippen LogP contribution < -0.4 is 9.44 Å². The summed E-state index contributed by atoms with van der Waals surface area (Å²) in [5, 5.41) is 0. The van der Waals surface area contributed by atoms with Crippen LogP contribution in [-0.2, 0) is 22.0 Å². The number of aromatic nitrogens is 1. The number of nitrogens with one attached hydrogen (secondary N) is 2. The molecule has 1 saturated heterocycles. The molecule has 0 saturated carbocycles. The molecule has 0 spiro atoms. The lowest BCUT2D eigenvalue weighted by atomic mass is 9.89. The van der Waals surface area contributed by atoms with Crippen LogP contribution in [0.1, 0.15) is 66.8 Å². The number of aryl methyl sites for hydroxylation is 2. The molecule has 4 rings (SSSR count). The predicted octanol–water partition coefficient (Wildman–Crippen LogP) is 3.16. The molecule has 3 unspecified atom stereocenters. The molecular weight excluding hydrogens is 536 g/mol. The molecule has 0 radical (unpaired) electrons. The van der Waals surface area contributed by atoms with Crippen molar-refractivity contribution in [2.24, 2.45) is 0 Å². The van der Waals surface area contributed by atoms with Gasteiger partial charge < -0.3 is 9.47 Å². The topological polar surface area (TPSA) is 118 Å². The number of likely N-dealkylation sites (tertiary alicyclic amines) is 1. The first-order valence-electron chi connectivity index (χ1n) is 12.5. The van der Waals surface area contributed by atoms with E-state index in [4.69, 9.17) is 0 Å². The number of nitrogens with zero attached hydrogens (tertiary/aromatic N) is 2. The quantitative estimate of drug-likeness (QED) is 0.454. The number of carbonyl (C=O) groups excluding carboxylic acids is 3. The van der Waals surface area contributed by atoms with Crippen molar-refractivity contribution in [2.45, 2.75) is 32.6 Å². The zero-order valence-corrected chi connectivity index (χ0v) is 24.0. The molecular formula is C28H32N4O5S2. The van der Waals surface area contributed by atoms with E-state index in [9.17, 15) is 22.8 Å². The molecule has 1 aliphatic rings. The second-order valence-electron chi connectivity index (χ2n) is 9.67. The average Bonchev–Trinajstić information content (AvgIpc) is 3.24. The van der Waals surface area contributed by atoms with Gasteiger partial charge in [0.15, 0.2) is 0 Å². The Morgan fingerprint density at radius 1 is 0.821 bits per heavy atom. The fourth-order valence-corrected chi connectivity index (χ4v) is 5.74. The summed E-state index contributed by atoms with van der Waals surface area (Å²) < 4.78 is 29.7. The summed E-state index contributed by atoms with van der Waals surface area (Å²) in [7, 11) is -2.97. The van der Waals surface area contributed by atoms with Crippen molar-refractivity contribution in [2.75, 3.05) is 25.6 Å². The molecule has 2 aromatic carbocycles. The number of hydrogen-bond donors (Lipinski definition) is 2. The highest BCUT2D eigenvalue weighted by atomic mass is 32.2. The van der Waals surface area contributed by atoms with Gasteiger partial charge in [0, 0.05) is 54.0 Å². The first-order valence-corrected chi connectivity index (χ1v) is 15.6. The van der Waals surface area contributed by atoms with Crippen molar-refractivity contribution in [1.82, 2.24) is 18.9 Å². The maximum absolute atomic E-state index is 13.7. The van der Waals surface area contributed by atoms with Crippen LogP contribution in [0.5, 0.6) is 0 Å².